The van der Waals surface area contributed by atoms with Crippen LogP contribution >= 0.6 is 0 Å². The number of hydroxylamine groups is 2. The molecule has 0 aromatic heterocycles. The molecule has 0 radical (unpaired) electrons. The van der Waals surface area contributed by atoms with Gasteiger partial charge in [0.15, 0.2) is 0 Å². The first-order chi connectivity index (χ1) is 10.3. The summed E-state index contributed by atoms with van der Waals surface area (Å²) >= 11 is 0. The topological polar surface area (TPSA) is 48.0 Å². The van der Waals surface area contributed by atoms with Crippen LogP contribution in [0.25, 0.3) is 0 Å². The summed E-state index contributed by atoms with van der Waals surface area (Å²) in [4.78, 5) is 17.5. The molecule has 5 nitrogen and oxygen atoms in total. The average Bonchev–Trinajstić information content (AvgIpc) is 2.96. The van der Waals surface area contributed by atoms with Crippen molar-refractivity contribution in [2.75, 3.05) is 26.3 Å². The van der Waals surface area contributed by atoms with E-state index in [0.717, 1.165) is 31.6 Å². The van der Waals surface area contributed by atoms with Gasteiger partial charge in [-0.05, 0) is 25.0 Å². The number of hydrogen-bond acceptors (Lipinski definition) is 5. The molecular formula is C16H22LiNO4. The third-order valence-electron chi connectivity index (χ3n) is 3.93. The van der Waals surface area contributed by atoms with E-state index in [-0.39, 0.29) is 38.3 Å². The molecule has 0 spiro atoms. The van der Waals surface area contributed by atoms with Crippen LogP contribution in [0.5, 0.6) is 5.75 Å². The molecule has 0 bridgehead atoms. The van der Waals surface area contributed by atoms with Gasteiger partial charge in [-0.3, -0.25) is 4.79 Å². The van der Waals surface area contributed by atoms with Gasteiger partial charge in [-0.15, -0.1) is 5.06 Å². The van der Waals surface area contributed by atoms with E-state index in [1.165, 1.54) is 0 Å². The quantitative estimate of drug-likeness (QED) is 0.677. The molecule has 0 N–H and O–H groups in total. The first-order valence-corrected chi connectivity index (χ1v) is 7.57. The third-order valence-corrected chi connectivity index (χ3v) is 3.93. The SMILES string of the molecule is O=C(ON1CC[C@@H](Oc2ccccc2)C1)C1CCOCC1.[H-].[Li+]. The number of para-hydroxylation sites is 1. The fraction of sp³-hybridized carbons (Fsp3) is 0.562. The molecule has 2 aliphatic heterocycles. The van der Waals surface area contributed by atoms with Gasteiger partial charge in [0.1, 0.15) is 11.9 Å². The summed E-state index contributed by atoms with van der Waals surface area (Å²) in [7, 11) is 0. The first kappa shape index (κ1) is 17.4. The number of nitrogens with zero attached hydrogens (tertiary/aromatic N) is 1. The van der Waals surface area contributed by atoms with E-state index in [1.54, 1.807) is 5.06 Å². The summed E-state index contributed by atoms with van der Waals surface area (Å²) in [6.45, 7) is 2.66. The predicted octanol–water partition coefficient (Wildman–Crippen LogP) is -0.859. The molecule has 0 amide bonds. The zero-order valence-corrected chi connectivity index (χ0v) is 13.1. The Labute approximate surface area is 144 Å². The second kappa shape index (κ2) is 8.59. The van der Waals surface area contributed by atoms with Crippen LogP contribution in [0, 0.1) is 5.92 Å². The fourth-order valence-electron chi connectivity index (χ4n) is 2.70. The molecule has 2 fully saturated rings. The van der Waals surface area contributed by atoms with Gasteiger partial charge in [0, 0.05) is 26.2 Å². The van der Waals surface area contributed by atoms with Crippen molar-refractivity contribution < 1.29 is 39.4 Å². The summed E-state index contributed by atoms with van der Waals surface area (Å²) in [5.41, 5.74) is 0. The van der Waals surface area contributed by atoms with Crippen molar-refractivity contribution in [2.45, 2.75) is 25.4 Å². The van der Waals surface area contributed by atoms with Crippen molar-refractivity contribution in [2.24, 2.45) is 5.92 Å². The molecular weight excluding hydrogens is 277 g/mol. The van der Waals surface area contributed by atoms with Crippen LogP contribution in [0.1, 0.15) is 20.7 Å². The number of hydrogen-bond donors (Lipinski definition) is 0. The maximum absolute atomic E-state index is 12.1. The maximum Gasteiger partial charge on any atom is 1.00 e. The Hall–Kier alpha value is -0.993. The van der Waals surface area contributed by atoms with Crippen molar-refractivity contribution in [1.29, 1.82) is 0 Å². The monoisotopic (exact) mass is 299 g/mol. The molecule has 2 saturated heterocycles. The molecule has 3 rings (SSSR count). The summed E-state index contributed by atoms with van der Waals surface area (Å²) in [5, 5.41) is 1.73. The van der Waals surface area contributed by atoms with E-state index in [4.69, 9.17) is 14.3 Å². The van der Waals surface area contributed by atoms with E-state index in [2.05, 4.69) is 0 Å². The number of rotatable bonds is 4. The van der Waals surface area contributed by atoms with Gasteiger partial charge in [0.2, 0.25) is 0 Å². The Morgan fingerprint density at radius 3 is 2.64 bits per heavy atom. The zero-order valence-electron chi connectivity index (χ0n) is 14.1. The van der Waals surface area contributed by atoms with Gasteiger partial charge >= 0.3 is 24.8 Å². The molecule has 0 unspecified atom stereocenters. The van der Waals surface area contributed by atoms with Crippen LogP contribution in [0.3, 0.4) is 0 Å². The summed E-state index contributed by atoms with van der Waals surface area (Å²) in [5.74, 6) is 0.714. The van der Waals surface area contributed by atoms with E-state index < -0.39 is 0 Å². The Kier molecular flexibility index (Phi) is 6.78. The van der Waals surface area contributed by atoms with Crippen LogP contribution in [-0.4, -0.2) is 43.4 Å². The van der Waals surface area contributed by atoms with Gasteiger partial charge in [-0.2, -0.15) is 0 Å². The van der Waals surface area contributed by atoms with Crippen molar-refractivity contribution in [3.63, 3.8) is 0 Å². The molecule has 0 saturated carbocycles. The molecule has 22 heavy (non-hydrogen) atoms. The molecule has 116 valence electrons. The minimum Gasteiger partial charge on any atom is -1.00 e. The molecule has 1 atom stereocenters. The van der Waals surface area contributed by atoms with Crippen molar-refractivity contribution >= 4 is 5.97 Å². The van der Waals surface area contributed by atoms with E-state index in [1.807, 2.05) is 30.3 Å². The van der Waals surface area contributed by atoms with E-state index in [9.17, 15) is 4.79 Å². The zero-order chi connectivity index (χ0) is 14.5. The molecule has 2 heterocycles. The number of ether oxygens (including phenoxy) is 2. The van der Waals surface area contributed by atoms with E-state index in [0.29, 0.717) is 19.8 Å². The largest absolute Gasteiger partial charge is 1.00 e. The molecule has 0 aliphatic carbocycles. The standard InChI is InChI=1S/C16H21NO4.Li.H/c18-16(13-7-10-19-11-8-13)21-17-9-6-15(12-17)20-14-4-2-1-3-5-14;;/h1-5,13,15H,6-12H2;;/q;+1;-1/t15-;;/m1../s1. The van der Waals surface area contributed by atoms with Gasteiger partial charge in [0.25, 0.3) is 0 Å². The van der Waals surface area contributed by atoms with Crippen molar-refractivity contribution in [1.82, 2.24) is 5.06 Å². The number of carbonyl (C=O) groups excluding carboxylic acids is 1. The number of benzene rings is 1. The average molecular weight is 299 g/mol. The van der Waals surface area contributed by atoms with Crippen LogP contribution in [0.15, 0.2) is 30.3 Å². The number of carbonyl (C=O) groups is 1. The summed E-state index contributed by atoms with van der Waals surface area (Å²) in [6.07, 6.45) is 2.47. The minimum absolute atomic E-state index is 0. The first-order valence-electron chi connectivity index (χ1n) is 7.57. The van der Waals surface area contributed by atoms with Gasteiger partial charge in [-0.25, -0.2) is 0 Å². The Balaban J connectivity index is 0.00000132. The van der Waals surface area contributed by atoms with Crippen LogP contribution in [0.4, 0.5) is 0 Å². The van der Waals surface area contributed by atoms with Crippen LogP contribution in [0.2, 0.25) is 0 Å². The minimum atomic E-state index is -0.126. The third kappa shape index (κ3) is 4.75. The van der Waals surface area contributed by atoms with E-state index >= 15 is 0 Å². The molecule has 2 aliphatic rings. The van der Waals surface area contributed by atoms with Gasteiger partial charge in [-0.1, -0.05) is 18.2 Å². The van der Waals surface area contributed by atoms with Gasteiger partial charge in [0.05, 0.1) is 12.5 Å². The van der Waals surface area contributed by atoms with Crippen LogP contribution < -0.4 is 23.6 Å². The normalized spacial score (nSPS) is 22.8. The smallest absolute Gasteiger partial charge is 1.00 e. The Morgan fingerprint density at radius 2 is 1.91 bits per heavy atom. The predicted molar refractivity (Wildman–Crippen MR) is 77.8 cm³/mol. The maximum atomic E-state index is 12.1. The summed E-state index contributed by atoms with van der Waals surface area (Å²) < 4.78 is 11.1. The second-order valence-electron chi connectivity index (χ2n) is 5.53. The Morgan fingerprint density at radius 1 is 1.18 bits per heavy atom. The fourth-order valence-corrected chi connectivity index (χ4v) is 2.70. The molecule has 6 heteroatoms. The van der Waals surface area contributed by atoms with Crippen molar-refractivity contribution in [3.05, 3.63) is 30.3 Å². The van der Waals surface area contributed by atoms with Crippen molar-refractivity contribution in [3.8, 4) is 5.75 Å². The summed E-state index contributed by atoms with van der Waals surface area (Å²) in [6, 6.07) is 9.75. The second-order valence-corrected chi connectivity index (χ2v) is 5.53. The van der Waals surface area contributed by atoms with Gasteiger partial charge < -0.3 is 15.7 Å². The molecule has 1 aromatic rings. The Bertz CT molecular complexity index is 470. The van der Waals surface area contributed by atoms with Crippen LogP contribution in [-0.2, 0) is 14.4 Å². The molecule has 1 aromatic carbocycles.